The van der Waals surface area contributed by atoms with Crippen LogP contribution in [0.1, 0.15) is 36.5 Å². The van der Waals surface area contributed by atoms with Crippen LogP contribution in [0.2, 0.25) is 0 Å². The molecule has 0 bridgehead atoms. The van der Waals surface area contributed by atoms with Crippen molar-refractivity contribution in [2.75, 3.05) is 13.2 Å². The Labute approximate surface area is 113 Å². The highest BCUT2D eigenvalue weighted by molar-refractivity contribution is 5.87. The highest BCUT2D eigenvalue weighted by Crippen LogP contribution is 2.24. The Kier molecular flexibility index (Phi) is 4.80. The monoisotopic (exact) mass is 263 g/mol. The lowest BCUT2D eigenvalue weighted by molar-refractivity contribution is 0.0697. The molecule has 1 aliphatic rings. The molecule has 1 fully saturated rings. The molecule has 1 saturated carbocycles. The molecule has 2 N–H and O–H groups in total. The normalized spacial score (nSPS) is 22.4. The molecule has 1 aromatic carbocycles. The highest BCUT2D eigenvalue weighted by atomic mass is 16.5. The summed E-state index contributed by atoms with van der Waals surface area (Å²) in [5.41, 5.74) is 0.283. The van der Waals surface area contributed by atoms with Crippen LogP contribution in [0, 0.1) is 5.92 Å². The molecule has 2 atom stereocenters. The number of ether oxygens (including phenoxy) is 1. The number of hydrogen-bond acceptors (Lipinski definition) is 3. The predicted molar refractivity (Wildman–Crippen MR) is 73.7 cm³/mol. The molecule has 0 saturated heterocycles. The molecule has 4 heteroatoms. The second-order valence-electron chi connectivity index (χ2n) is 5.25. The molecule has 2 unspecified atom stereocenters. The van der Waals surface area contributed by atoms with Crippen molar-refractivity contribution in [2.24, 2.45) is 5.92 Å². The Morgan fingerprint density at radius 1 is 1.37 bits per heavy atom. The Morgan fingerprint density at radius 2 is 2.11 bits per heavy atom. The van der Waals surface area contributed by atoms with Crippen molar-refractivity contribution in [3.63, 3.8) is 0 Å². The molecule has 4 nitrogen and oxygen atoms in total. The smallest absolute Gasteiger partial charge is 0.335 e. The van der Waals surface area contributed by atoms with Crippen LogP contribution in [0.25, 0.3) is 0 Å². The van der Waals surface area contributed by atoms with Gasteiger partial charge in [-0.3, -0.25) is 0 Å². The quantitative estimate of drug-likeness (QED) is 0.774. The molecule has 0 radical (unpaired) electrons. The van der Waals surface area contributed by atoms with E-state index >= 15 is 0 Å². The first kappa shape index (κ1) is 13.9. The number of benzene rings is 1. The minimum absolute atomic E-state index is 0.283. The zero-order valence-corrected chi connectivity index (χ0v) is 11.3. The molecule has 0 spiro atoms. The zero-order chi connectivity index (χ0) is 13.7. The second-order valence-corrected chi connectivity index (χ2v) is 5.25. The van der Waals surface area contributed by atoms with Crippen LogP contribution in [0.15, 0.2) is 24.3 Å². The van der Waals surface area contributed by atoms with Gasteiger partial charge in [0, 0.05) is 12.6 Å². The van der Waals surface area contributed by atoms with Crippen LogP contribution < -0.4 is 10.1 Å². The van der Waals surface area contributed by atoms with Gasteiger partial charge >= 0.3 is 5.97 Å². The summed E-state index contributed by atoms with van der Waals surface area (Å²) in [5.74, 6) is 0.636. The van der Waals surface area contributed by atoms with E-state index in [0.29, 0.717) is 18.4 Å². The molecule has 0 amide bonds. The fraction of sp³-hybridized carbons (Fsp3) is 0.533. The predicted octanol–water partition coefficient (Wildman–Crippen LogP) is 2.54. The Bertz CT molecular complexity index is 416. The van der Waals surface area contributed by atoms with Crippen LogP contribution in [-0.4, -0.2) is 30.3 Å². The van der Waals surface area contributed by atoms with E-state index in [4.69, 9.17) is 9.84 Å². The van der Waals surface area contributed by atoms with E-state index in [2.05, 4.69) is 12.2 Å². The standard InChI is InChI=1S/C15H21NO3/c1-11-2-5-13(10-11)16-8-9-19-14-6-3-12(4-7-14)15(17)18/h3-4,6-7,11,13,16H,2,5,8-10H2,1H3,(H,17,18). The van der Waals surface area contributed by atoms with Crippen molar-refractivity contribution >= 4 is 5.97 Å². The minimum Gasteiger partial charge on any atom is -0.492 e. The maximum absolute atomic E-state index is 10.7. The van der Waals surface area contributed by atoms with Gasteiger partial charge in [-0.25, -0.2) is 4.79 Å². The number of hydrogen-bond donors (Lipinski definition) is 2. The van der Waals surface area contributed by atoms with E-state index in [9.17, 15) is 4.79 Å². The molecular weight excluding hydrogens is 242 g/mol. The van der Waals surface area contributed by atoms with Crippen LogP contribution >= 0.6 is 0 Å². The minimum atomic E-state index is -0.913. The largest absolute Gasteiger partial charge is 0.492 e. The molecular formula is C15H21NO3. The van der Waals surface area contributed by atoms with Crippen LogP contribution in [-0.2, 0) is 0 Å². The Hall–Kier alpha value is -1.55. The lowest BCUT2D eigenvalue weighted by Crippen LogP contribution is -2.30. The first-order valence-corrected chi connectivity index (χ1v) is 6.84. The van der Waals surface area contributed by atoms with E-state index < -0.39 is 5.97 Å². The van der Waals surface area contributed by atoms with Crippen LogP contribution in [0.5, 0.6) is 5.75 Å². The lowest BCUT2D eigenvalue weighted by Gasteiger charge is -2.13. The van der Waals surface area contributed by atoms with Crippen LogP contribution in [0.3, 0.4) is 0 Å². The van der Waals surface area contributed by atoms with Crippen molar-refractivity contribution in [3.05, 3.63) is 29.8 Å². The second kappa shape index (κ2) is 6.57. The maximum Gasteiger partial charge on any atom is 0.335 e. The maximum atomic E-state index is 10.7. The van der Waals surface area contributed by atoms with Gasteiger partial charge < -0.3 is 15.2 Å². The zero-order valence-electron chi connectivity index (χ0n) is 11.3. The van der Waals surface area contributed by atoms with Crippen molar-refractivity contribution in [3.8, 4) is 5.75 Å². The van der Waals surface area contributed by atoms with Gasteiger partial charge in [-0.1, -0.05) is 6.92 Å². The first-order valence-electron chi connectivity index (χ1n) is 6.84. The van der Waals surface area contributed by atoms with Crippen molar-refractivity contribution in [2.45, 2.75) is 32.2 Å². The number of rotatable bonds is 6. The molecule has 19 heavy (non-hydrogen) atoms. The topological polar surface area (TPSA) is 58.6 Å². The molecule has 0 heterocycles. The summed E-state index contributed by atoms with van der Waals surface area (Å²) in [6.45, 7) is 3.73. The van der Waals surface area contributed by atoms with E-state index in [1.807, 2.05) is 0 Å². The molecule has 1 aliphatic carbocycles. The van der Waals surface area contributed by atoms with Gasteiger partial charge in [-0.15, -0.1) is 0 Å². The summed E-state index contributed by atoms with van der Waals surface area (Å²) in [6, 6.07) is 7.14. The third-order valence-corrected chi connectivity index (χ3v) is 3.60. The summed E-state index contributed by atoms with van der Waals surface area (Å²) in [7, 11) is 0. The number of nitrogens with one attached hydrogen (secondary N) is 1. The van der Waals surface area contributed by atoms with Gasteiger partial charge in [0.1, 0.15) is 12.4 Å². The van der Waals surface area contributed by atoms with Crippen molar-refractivity contribution < 1.29 is 14.6 Å². The van der Waals surface area contributed by atoms with Crippen molar-refractivity contribution in [1.29, 1.82) is 0 Å². The fourth-order valence-electron chi connectivity index (χ4n) is 2.52. The van der Waals surface area contributed by atoms with Gasteiger partial charge in [0.2, 0.25) is 0 Å². The van der Waals surface area contributed by atoms with Crippen LogP contribution in [0.4, 0.5) is 0 Å². The third-order valence-electron chi connectivity index (χ3n) is 3.60. The fourth-order valence-corrected chi connectivity index (χ4v) is 2.52. The molecule has 2 rings (SSSR count). The molecule has 0 aromatic heterocycles. The van der Waals surface area contributed by atoms with Gasteiger partial charge in [-0.2, -0.15) is 0 Å². The lowest BCUT2D eigenvalue weighted by atomic mass is 10.1. The number of carboxylic acids is 1. The summed E-state index contributed by atoms with van der Waals surface area (Å²) in [5, 5.41) is 12.3. The first-order chi connectivity index (χ1) is 9.15. The van der Waals surface area contributed by atoms with Crippen molar-refractivity contribution in [1.82, 2.24) is 5.32 Å². The average Bonchev–Trinajstić information content (AvgIpc) is 2.81. The van der Waals surface area contributed by atoms with E-state index in [1.54, 1.807) is 24.3 Å². The number of carboxylic acid groups (broad SMARTS) is 1. The summed E-state index contributed by atoms with van der Waals surface area (Å²) >= 11 is 0. The van der Waals surface area contributed by atoms with Gasteiger partial charge in [-0.05, 0) is 49.4 Å². The average molecular weight is 263 g/mol. The number of carbonyl (C=O) groups is 1. The Morgan fingerprint density at radius 3 is 2.68 bits per heavy atom. The third kappa shape index (κ3) is 4.24. The Balaban J connectivity index is 1.66. The highest BCUT2D eigenvalue weighted by Gasteiger charge is 2.20. The molecule has 1 aromatic rings. The molecule has 0 aliphatic heterocycles. The van der Waals surface area contributed by atoms with Gasteiger partial charge in [0.25, 0.3) is 0 Å². The van der Waals surface area contributed by atoms with E-state index in [1.165, 1.54) is 19.3 Å². The summed E-state index contributed by atoms with van der Waals surface area (Å²) < 4.78 is 5.57. The summed E-state index contributed by atoms with van der Waals surface area (Å²) in [6.07, 6.45) is 3.83. The molecule has 104 valence electrons. The van der Waals surface area contributed by atoms with Gasteiger partial charge in [0.05, 0.1) is 5.56 Å². The SMILES string of the molecule is CC1CCC(NCCOc2ccc(C(=O)O)cc2)C1. The van der Waals surface area contributed by atoms with E-state index in [-0.39, 0.29) is 5.56 Å². The summed E-state index contributed by atoms with van der Waals surface area (Å²) in [4.78, 5) is 10.7. The van der Waals surface area contributed by atoms with Gasteiger partial charge in [0.15, 0.2) is 0 Å². The number of aromatic carboxylic acids is 1. The van der Waals surface area contributed by atoms with E-state index in [0.717, 1.165) is 12.5 Å².